The highest BCUT2D eigenvalue weighted by molar-refractivity contribution is 5.95. The van der Waals surface area contributed by atoms with Crippen molar-refractivity contribution in [1.29, 1.82) is 0 Å². The number of anilines is 1. The molecule has 0 saturated carbocycles. The maximum absolute atomic E-state index is 12.9. The Balaban J connectivity index is 1.31. The highest BCUT2D eigenvalue weighted by Crippen LogP contribution is 2.20. The van der Waals surface area contributed by atoms with Gasteiger partial charge < -0.3 is 19.2 Å². The topological polar surface area (TPSA) is 73.1 Å². The second-order valence-corrected chi connectivity index (χ2v) is 8.58. The number of aryl methyl sites for hydroxylation is 1. The highest BCUT2D eigenvalue weighted by Gasteiger charge is 2.27. The summed E-state index contributed by atoms with van der Waals surface area (Å²) in [6.07, 6.45) is 0. The summed E-state index contributed by atoms with van der Waals surface area (Å²) in [6, 6.07) is 10.2. The average Bonchev–Trinajstić information content (AvgIpc) is 3.24. The number of amides is 2. The summed E-state index contributed by atoms with van der Waals surface area (Å²) in [5.74, 6) is 0.0931. The smallest absolute Gasteiger partial charge is 0.292 e. The lowest BCUT2D eigenvalue weighted by molar-refractivity contribution is 0.0512. The maximum atomic E-state index is 12.9. The molecule has 4 rings (SSSR count). The number of carbonyl (C=O) groups is 2. The maximum Gasteiger partial charge on any atom is 0.292 e. The molecule has 2 aliphatic heterocycles. The minimum atomic E-state index is -0.172. The Morgan fingerprint density at radius 2 is 1.45 bits per heavy atom. The molecule has 166 valence electrons. The predicted molar refractivity (Wildman–Crippen MR) is 118 cm³/mol. The number of rotatable bonds is 4. The number of piperazine rings is 2. The molecule has 0 aliphatic carbocycles. The lowest BCUT2D eigenvalue weighted by atomic mass is 10.1. The van der Waals surface area contributed by atoms with Crippen LogP contribution in [0, 0.1) is 6.92 Å². The Bertz CT molecular complexity index is 908. The van der Waals surface area contributed by atoms with Crippen LogP contribution in [0.25, 0.3) is 0 Å². The second-order valence-electron chi connectivity index (χ2n) is 8.58. The van der Waals surface area contributed by atoms with Gasteiger partial charge in [0, 0.05) is 75.7 Å². The van der Waals surface area contributed by atoms with Gasteiger partial charge in [0.25, 0.3) is 11.8 Å². The minimum Gasteiger partial charge on any atom is -0.369 e. The molecule has 0 bridgehead atoms. The van der Waals surface area contributed by atoms with Gasteiger partial charge in [-0.15, -0.1) is 0 Å². The van der Waals surface area contributed by atoms with Crippen molar-refractivity contribution in [3.05, 3.63) is 47.3 Å². The van der Waals surface area contributed by atoms with Crippen LogP contribution in [0.2, 0.25) is 0 Å². The van der Waals surface area contributed by atoms with Gasteiger partial charge in [-0.2, -0.15) is 0 Å². The van der Waals surface area contributed by atoms with Crippen LogP contribution in [-0.4, -0.2) is 90.1 Å². The average molecular weight is 426 g/mol. The number of benzene rings is 1. The van der Waals surface area contributed by atoms with Crippen molar-refractivity contribution in [2.24, 2.45) is 0 Å². The summed E-state index contributed by atoms with van der Waals surface area (Å²) in [5.41, 5.74) is 2.54. The van der Waals surface area contributed by atoms with E-state index < -0.39 is 0 Å². The molecule has 8 heteroatoms. The van der Waals surface area contributed by atoms with Crippen LogP contribution in [0.4, 0.5) is 5.69 Å². The summed E-state index contributed by atoms with van der Waals surface area (Å²) in [6.45, 7) is 12.4. The summed E-state index contributed by atoms with van der Waals surface area (Å²) < 4.78 is 5.07. The van der Waals surface area contributed by atoms with Crippen molar-refractivity contribution in [1.82, 2.24) is 19.9 Å². The van der Waals surface area contributed by atoms with Crippen molar-refractivity contribution in [2.45, 2.75) is 26.8 Å². The van der Waals surface area contributed by atoms with E-state index in [0.29, 0.717) is 43.5 Å². The quantitative estimate of drug-likeness (QED) is 0.747. The van der Waals surface area contributed by atoms with Crippen molar-refractivity contribution >= 4 is 17.5 Å². The molecule has 0 N–H and O–H groups in total. The summed E-state index contributed by atoms with van der Waals surface area (Å²) in [5, 5.41) is 3.77. The first-order chi connectivity index (χ1) is 14.9. The number of hydrogen-bond acceptors (Lipinski definition) is 6. The van der Waals surface area contributed by atoms with Crippen LogP contribution >= 0.6 is 0 Å². The first kappa shape index (κ1) is 21.4. The Morgan fingerprint density at radius 3 is 1.97 bits per heavy atom. The lowest BCUT2D eigenvalue weighted by Crippen LogP contribution is -2.50. The number of nitrogens with zero attached hydrogens (tertiary/aromatic N) is 5. The molecule has 0 unspecified atom stereocenters. The zero-order valence-corrected chi connectivity index (χ0v) is 18.6. The van der Waals surface area contributed by atoms with E-state index in [4.69, 9.17) is 4.52 Å². The molecule has 2 fully saturated rings. The molecular weight excluding hydrogens is 394 g/mol. The van der Waals surface area contributed by atoms with Crippen molar-refractivity contribution in [2.75, 3.05) is 57.3 Å². The zero-order chi connectivity index (χ0) is 22.0. The van der Waals surface area contributed by atoms with E-state index in [1.807, 2.05) is 29.2 Å². The molecule has 2 saturated heterocycles. The molecule has 1 aromatic carbocycles. The lowest BCUT2D eigenvalue weighted by Gasteiger charge is -2.38. The summed E-state index contributed by atoms with van der Waals surface area (Å²) in [4.78, 5) is 33.8. The van der Waals surface area contributed by atoms with Gasteiger partial charge in [0.2, 0.25) is 5.76 Å². The number of hydrogen-bond donors (Lipinski definition) is 0. The van der Waals surface area contributed by atoms with Gasteiger partial charge in [-0.3, -0.25) is 14.5 Å². The van der Waals surface area contributed by atoms with Crippen molar-refractivity contribution in [3.63, 3.8) is 0 Å². The van der Waals surface area contributed by atoms with Crippen LogP contribution < -0.4 is 4.90 Å². The zero-order valence-electron chi connectivity index (χ0n) is 18.6. The predicted octanol–water partition coefficient (Wildman–Crippen LogP) is 2.11. The van der Waals surface area contributed by atoms with E-state index in [1.165, 1.54) is 0 Å². The van der Waals surface area contributed by atoms with Gasteiger partial charge in [0.1, 0.15) is 0 Å². The fourth-order valence-corrected chi connectivity index (χ4v) is 4.23. The SMILES string of the molecule is Cc1cc(C(=O)N2CCN(C(=O)c3ccc(N4CCN(C(C)C)CC4)cc3)CC2)on1. The van der Waals surface area contributed by atoms with Gasteiger partial charge in [0.05, 0.1) is 5.69 Å². The van der Waals surface area contributed by atoms with E-state index in [0.717, 1.165) is 31.9 Å². The molecule has 0 atom stereocenters. The summed E-state index contributed by atoms with van der Waals surface area (Å²) >= 11 is 0. The third kappa shape index (κ3) is 4.74. The number of carbonyl (C=O) groups excluding carboxylic acids is 2. The van der Waals surface area contributed by atoms with Crippen LogP contribution in [0.3, 0.4) is 0 Å². The van der Waals surface area contributed by atoms with E-state index in [-0.39, 0.29) is 17.6 Å². The van der Waals surface area contributed by atoms with Gasteiger partial charge in [-0.25, -0.2) is 0 Å². The van der Waals surface area contributed by atoms with Gasteiger partial charge in [0.15, 0.2) is 0 Å². The van der Waals surface area contributed by atoms with E-state index in [9.17, 15) is 9.59 Å². The molecule has 0 radical (unpaired) electrons. The molecule has 3 heterocycles. The van der Waals surface area contributed by atoms with Crippen molar-refractivity contribution in [3.8, 4) is 0 Å². The Hall–Kier alpha value is -2.87. The first-order valence-corrected chi connectivity index (χ1v) is 11.0. The third-order valence-electron chi connectivity index (χ3n) is 6.22. The molecule has 2 aliphatic rings. The summed E-state index contributed by atoms with van der Waals surface area (Å²) in [7, 11) is 0. The molecule has 1 aromatic heterocycles. The van der Waals surface area contributed by atoms with E-state index in [2.05, 4.69) is 28.8 Å². The van der Waals surface area contributed by atoms with Crippen LogP contribution in [0.5, 0.6) is 0 Å². The van der Waals surface area contributed by atoms with Crippen LogP contribution in [0.15, 0.2) is 34.9 Å². The molecule has 0 spiro atoms. The first-order valence-electron chi connectivity index (χ1n) is 11.0. The number of aromatic nitrogens is 1. The molecule has 8 nitrogen and oxygen atoms in total. The van der Waals surface area contributed by atoms with E-state index >= 15 is 0 Å². The van der Waals surface area contributed by atoms with E-state index in [1.54, 1.807) is 17.9 Å². The van der Waals surface area contributed by atoms with Crippen molar-refractivity contribution < 1.29 is 14.1 Å². The second kappa shape index (κ2) is 9.09. The minimum absolute atomic E-state index is 0.0128. The van der Waals surface area contributed by atoms with Crippen LogP contribution in [0.1, 0.15) is 40.5 Å². The molecule has 2 aromatic rings. The molecule has 2 amide bonds. The molecule has 31 heavy (non-hydrogen) atoms. The fourth-order valence-electron chi connectivity index (χ4n) is 4.23. The van der Waals surface area contributed by atoms with Gasteiger partial charge in [-0.1, -0.05) is 5.16 Å². The molecular formula is C23H31N5O3. The normalized spacial score (nSPS) is 18.0. The Kier molecular flexibility index (Phi) is 6.27. The van der Waals surface area contributed by atoms with Crippen LogP contribution in [-0.2, 0) is 0 Å². The Morgan fingerprint density at radius 1 is 0.871 bits per heavy atom. The Labute approximate surface area is 183 Å². The monoisotopic (exact) mass is 425 g/mol. The highest BCUT2D eigenvalue weighted by atomic mass is 16.5. The van der Waals surface area contributed by atoms with Gasteiger partial charge in [-0.05, 0) is 45.0 Å². The fraction of sp³-hybridized carbons (Fsp3) is 0.522. The standard InChI is InChI=1S/C23H31N5O3/c1-17(2)25-8-10-26(11-9-25)20-6-4-19(5-7-20)22(29)27-12-14-28(15-13-27)23(30)21-16-18(3)24-31-21/h4-7,16-17H,8-15H2,1-3H3. The largest absolute Gasteiger partial charge is 0.369 e. The third-order valence-corrected chi connectivity index (χ3v) is 6.22. The van der Waals surface area contributed by atoms with Gasteiger partial charge >= 0.3 is 0 Å².